The van der Waals surface area contributed by atoms with Crippen LogP contribution in [0.2, 0.25) is 0 Å². The SMILES string of the molecule is CC(CC(=O)N1CCc2ccccc2C1CN)C(C)(C)C. The van der Waals surface area contributed by atoms with Crippen LogP contribution in [0.4, 0.5) is 0 Å². The van der Waals surface area contributed by atoms with Crippen LogP contribution in [0.5, 0.6) is 0 Å². The zero-order valence-electron chi connectivity index (χ0n) is 13.7. The van der Waals surface area contributed by atoms with Crippen LogP contribution in [0.1, 0.15) is 51.3 Å². The largest absolute Gasteiger partial charge is 0.334 e. The Balaban J connectivity index is 2.16. The number of carbonyl (C=O) groups excluding carboxylic acids is 1. The van der Waals surface area contributed by atoms with Crippen molar-refractivity contribution in [2.75, 3.05) is 13.1 Å². The van der Waals surface area contributed by atoms with E-state index in [1.807, 2.05) is 11.0 Å². The summed E-state index contributed by atoms with van der Waals surface area (Å²) < 4.78 is 0. The molecule has 116 valence electrons. The molecule has 0 aliphatic carbocycles. The van der Waals surface area contributed by atoms with E-state index in [0.717, 1.165) is 13.0 Å². The Labute approximate surface area is 128 Å². The minimum absolute atomic E-state index is 0.0367. The van der Waals surface area contributed by atoms with Crippen LogP contribution < -0.4 is 5.73 Å². The molecule has 0 aromatic heterocycles. The number of rotatable bonds is 3. The number of fused-ring (bicyclic) bond motifs is 1. The number of nitrogens with two attached hydrogens (primary N) is 1. The lowest BCUT2D eigenvalue weighted by Gasteiger charge is -2.38. The molecule has 1 heterocycles. The van der Waals surface area contributed by atoms with E-state index in [2.05, 4.69) is 45.9 Å². The molecule has 0 saturated heterocycles. The van der Waals surface area contributed by atoms with Gasteiger partial charge in [-0.05, 0) is 28.9 Å². The fraction of sp³-hybridized carbons (Fsp3) is 0.611. The van der Waals surface area contributed by atoms with E-state index in [4.69, 9.17) is 5.73 Å². The average molecular weight is 288 g/mol. The highest BCUT2D eigenvalue weighted by atomic mass is 16.2. The van der Waals surface area contributed by atoms with E-state index >= 15 is 0 Å². The second-order valence-electron chi connectivity index (χ2n) is 7.26. The normalized spacial score (nSPS) is 20.0. The fourth-order valence-corrected chi connectivity index (χ4v) is 2.89. The lowest BCUT2D eigenvalue weighted by molar-refractivity contribution is -0.135. The van der Waals surface area contributed by atoms with Crippen molar-refractivity contribution in [1.29, 1.82) is 0 Å². The number of nitrogens with zero attached hydrogens (tertiary/aromatic N) is 1. The number of hydrogen-bond donors (Lipinski definition) is 1. The first-order valence-electron chi connectivity index (χ1n) is 7.92. The van der Waals surface area contributed by atoms with Gasteiger partial charge in [0.1, 0.15) is 0 Å². The first-order valence-corrected chi connectivity index (χ1v) is 7.92. The molecule has 21 heavy (non-hydrogen) atoms. The second-order valence-corrected chi connectivity index (χ2v) is 7.26. The van der Waals surface area contributed by atoms with E-state index < -0.39 is 0 Å². The molecule has 0 fully saturated rings. The van der Waals surface area contributed by atoms with Gasteiger partial charge in [-0.15, -0.1) is 0 Å². The summed E-state index contributed by atoms with van der Waals surface area (Å²) in [5.41, 5.74) is 8.68. The van der Waals surface area contributed by atoms with Crippen molar-refractivity contribution in [1.82, 2.24) is 4.90 Å². The van der Waals surface area contributed by atoms with Crippen LogP contribution in [0.15, 0.2) is 24.3 Å². The molecule has 1 amide bonds. The van der Waals surface area contributed by atoms with Gasteiger partial charge in [0.25, 0.3) is 0 Å². The molecule has 0 bridgehead atoms. The van der Waals surface area contributed by atoms with Crippen molar-refractivity contribution in [2.24, 2.45) is 17.1 Å². The maximum absolute atomic E-state index is 12.7. The van der Waals surface area contributed by atoms with Crippen molar-refractivity contribution < 1.29 is 4.79 Å². The van der Waals surface area contributed by atoms with Crippen LogP contribution in [0.3, 0.4) is 0 Å². The molecule has 1 aromatic carbocycles. The molecule has 0 spiro atoms. The van der Waals surface area contributed by atoms with Gasteiger partial charge in [-0.1, -0.05) is 52.0 Å². The third kappa shape index (κ3) is 3.46. The van der Waals surface area contributed by atoms with Gasteiger partial charge >= 0.3 is 0 Å². The third-order valence-electron chi connectivity index (χ3n) is 4.92. The Morgan fingerprint density at radius 3 is 2.67 bits per heavy atom. The Morgan fingerprint density at radius 2 is 2.05 bits per heavy atom. The Kier molecular flexibility index (Phi) is 4.72. The molecule has 3 nitrogen and oxygen atoms in total. The minimum atomic E-state index is 0.0367. The smallest absolute Gasteiger partial charge is 0.223 e. The molecule has 1 aliphatic heterocycles. The van der Waals surface area contributed by atoms with Gasteiger partial charge in [0.15, 0.2) is 0 Å². The second kappa shape index (κ2) is 6.18. The molecule has 2 unspecified atom stereocenters. The molecule has 3 heteroatoms. The first-order chi connectivity index (χ1) is 9.84. The van der Waals surface area contributed by atoms with Crippen molar-refractivity contribution in [3.63, 3.8) is 0 Å². The summed E-state index contributed by atoms with van der Waals surface area (Å²) in [6.07, 6.45) is 1.53. The van der Waals surface area contributed by atoms with Crippen LogP contribution in [0.25, 0.3) is 0 Å². The van der Waals surface area contributed by atoms with Gasteiger partial charge in [0.05, 0.1) is 6.04 Å². The predicted octanol–water partition coefficient (Wildman–Crippen LogP) is 3.14. The molecule has 2 rings (SSSR count). The van der Waals surface area contributed by atoms with Crippen molar-refractivity contribution in [3.8, 4) is 0 Å². The summed E-state index contributed by atoms with van der Waals surface area (Å²) in [5.74, 6) is 0.600. The predicted molar refractivity (Wildman–Crippen MR) is 86.9 cm³/mol. The lowest BCUT2D eigenvalue weighted by atomic mass is 9.79. The Bertz CT molecular complexity index is 504. The third-order valence-corrected chi connectivity index (χ3v) is 4.92. The molecular weight excluding hydrogens is 260 g/mol. The molecular formula is C18H28N2O. The van der Waals surface area contributed by atoms with Gasteiger partial charge in [-0.25, -0.2) is 0 Å². The van der Waals surface area contributed by atoms with Gasteiger partial charge in [0.2, 0.25) is 5.91 Å². The van der Waals surface area contributed by atoms with Gasteiger partial charge < -0.3 is 10.6 Å². The lowest BCUT2D eigenvalue weighted by Crippen LogP contribution is -2.44. The molecule has 0 radical (unpaired) electrons. The van der Waals surface area contributed by atoms with Gasteiger partial charge in [-0.3, -0.25) is 4.79 Å². The molecule has 1 aliphatic rings. The fourth-order valence-electron chi connectivity index (χ4n) is 2.89. The standard InChI is InChI=1S/C18H28N2O/c1-13(18(2,3)4)11-17(21)20-10-9-14-7-5-6-8-15(14)16(20)12-19/h5-8,13,16H,9-12,19H2,1-4H3. The highest BCUT2D eigenvalue weighted by Crippen LogP contribution is 2.33. The molecule has 1 aromatic rings. The number of carbonyl (C=O) groups is 1. The average Bonchev–Trinajstić information content (AvgIpc) is 2.44. The summed E-state index contributed by atoms with van der Waals surface area (Å²) in [4.78, 5) is 14.7. The maximum Gasteiger partial charge on any atom is 0.223 e. The van der Waals surface area contributed by atoms with Crippen LogP contribution in [-0.2, 0) is 11.2 Å². The highest BCUT2D eigenvalue weighted by Gasteiger charge is 2.32. The maximum atomic E-state index is 12.7. The zero-order chi connectivity index (χ0) is 15.6. The monoisotopic (exact) mass is 288 g/mol. The summed E-state index contributed by atoms with van der Waals surface area (Å²) in [6, 6.07) is 8.39. The quantitative estimate of drug-likeness (QED) is 0.928. The summed E-state index contributed by atoms with van der Waals surface area (Å²) >= 11 is 0. The van der Waals surface area contributed by atoms with Gasteiger partial charge in [0, 0.05) is 19.5 Å². The van der Waals surface area contributed by atoms with Crippen molar-refractivity contribution in [2.45, 2.75) is 46.6 Å². The zero-order valence-corrected chi connectivity index (χ0v) is 13.7. The van der Waals surface area contributed by atoms with Crippen molar-refractivity contribution in [3.05, 3.63) is 35.4 Å². The Hall–Kier alpha value is -1.35. The Morgan fingerprint density at radius 1 is 1.38 bits per heavy atom. The number of benzene rings is 1. The van der Waals surface area contributed by atoms with Crippen molar-refractivity contribution >= 4 is 5.91 Å². The van der Waals surface area contributed by atoms with E-state index in [1.54, 1.807) is 0 Å². The van der Waals surface area contributed by atoms with E-state index in [-0.39, 0.29) is 17.4 Å². The molecule has 2 N–H and O–H groups in total. The summed E-state index contributed by atoms with van der Waals surface area (Å²) in [6.45, 7) is 10.0. The molecule has 2 atom stereocenters. The summed E-state index contributed by atoms with van der Waals surface area (Å²) in [5, 5.41) is 0. The minimum Gasteiger partial charge on any atom is -0.334 e. The summed E-state index contributed by atoms with van der Waals surface area (Å²) in [7, 11) is 0. The first kappa shape index (κ1) is 16.0. The van der Waals surface area contributed by atoms with Crippen LogP contribution in [0, 0.1) is 11.3 Å². The molecule has 0 saturated carbocycles. The van der Waals surface area contributed by atoms with E-state index in [0.29, 0.717) is 18.9 Å². The van der Waals surface area contributed by atoms with E-state index in [9.17, 15) is 4.79 Å². The van der Waals surface area contributed by atoms with Crippen LogP contribution >= 0.6 is 0 Å². The number of amides is 1. The van der Waals surface area contributed by atoms with Gasteiger partial charge in [-0.2, -0.15) is 0 Å². The van der Waals surface area contributed by atoms with Crippen LogP contribution in [-0.4, -0.2) is 23.9 Å². The highest BCUT2D eigenvalue weighted by molar-refractivity contribution is 5.77. The van der Waals surface area contributed by atoms with E-state index in [1.165, 1.54) is 11.1 Å². The number of hydrogen-bond acceptors (Lipinski definition) is 2. The topological polar surface area (TPSA) is 46.3 Å².